The van der Waals surface area contributed by atoms with Crippen molar-refractivity contribution in [3.63, 3.8) is 0 Å². The lowest BCUT2D eigenvalue weighted by molar-refractivity contribution is -0.139. The molecule has 0 fully saturated rings. The number of nitrogens with one attached hydrogen (secondary N) is 3. The SMILES string of the molecule is CC(C)CC(NC(=O)C(Cc1ccccc1)NC(=O)CCC(=O)O)C(=O)NC(Cc1ccccc1)C(=O)SCc1ccccc1. The Labute approximate surface area is 268 Å². The molecule has 3 amide bonds. The Morgan fingerprint density at radius 2 is 1.09 bits per heavy atom. The summed E-state index contributed by atoms with van der Waals surface area (Å²) in [5, 5.41) is 17.1. The van der Waals surface area contributed by atoms with Crippen LogP contribution in [0, 0.1) is 5.92 Å². The number of rotatable bonds is 17. The Morgan fingerprint density at radius 1 is 0.622 bits per heavy atom. The van der Waals surface area contributed by atoms with Crippen molar-refractivity contribution in [3.05, 3.63) is 108 Å². The first kappa shape index (κ1) is 35.0. The Hall–Kier alpha value is -4.44. The van der Waals surface area contributed by atoms with Crippen LogP contribution in [-0.2, 0) is 42.6 Å². The zero-order valence-electron chi connectivity index (χ0n) is 25.6. The van der Waals surface area contributed by atoms with Crippen LogP contribution >= 0.6 is 11.8 Å². The first-order valence-corrected chi connectivity index (χ1v) is 16.0. The van der Waals surface area contributed by atoms with Crippen molar-refractivity contribution in [2.24, 2.45) is 5.92 Å². The van der Waals surface area contributed by atoms with Crippen molar-refractivity contribution in [1.29, 1.82) is 0 Å². The predicted molar refractivity (Wildman–Crippen MR) is 175 cm³/mol. The predicted octanol–water partition coefficient (Wildman–Crippen LogP) is 4.30. The van der Waals surface area contributed by atoms with E-state index in [1.165, 1.54) is 0 Å². The minimum Gasteiger partial charge on any atom is -0.481 e. The standard InChI is InChI=1S/C35H41N3O6S/c1-24(2)20-28(37-34(43)29(21-25-12-6-3-7-13-25)36-31(39)18-19-32(40)41)33(42)38-30(22-26-14-8-4-9-15-26)35(44)45-23-27-16-10-5-11-17-27/h3-17,24,28-30H,18-23H2,1-2H3,(H,36,39)(H,37,43)(H,38,42)(H,40,41). The van der Waals surface area contributed by atoms with Crippen LogP contribution in [-0.4, -0.2) is 52.0 Å². The van der Waals surface area contributed by atoms with Crippen molar-refractivity contribution in [3.8, 4) is 0 Å². The van der Waals surface area contributed by atoms with Crippen LogP contribution in [0.25, 0.3) is 0 Å². The monoisotopic (exact) mass is 631 g/mol. The Bertz CT molecular complexity index is 1400. The molecular weight excluding hydrogens is 590 g/mol. The van der Waals surface area contributed by atoms with Gasteiger partial charge in [-0.3, -0.25) is 24.0 Å². The van der Waals surface area contributed by atoms with E-state index in [2.05, 4.69) is 16.0 Å². The molecule has 0 aliphatic heterocycles. The molecule has 0 bridgehead atoms. The van der Waals surface area contributed by atoms with Gasteiger partial charge in [0.15, 0.2) is 0 Å². The second-order valence-electron chi connectivity index (χ2n) is 11.2. The maximum Gasteiger partial charge on any atom is 0.303 e. The van der Waals surface area contributed by atoms with Gasteiger partial charge in [-0.15, -0.1) is 0 Å². The van der Waals surface area contributed by atoms with E-state index in [1.54, 1.807) is 0 Å². The van der Waals surface area contributed by atoms with Gasteiger partial charge in [-0.05, 0) is 29.0 Å². The van der Waals surface area contributed by atoms with Crippen molar-refractivity contribution >= 4 is 40.6 Å². The topological polar surface area (TPSA) is 142 Å². The second-order valence-corrected chi connectivity index (χ2v) is 12.2. The third kappa shape index (κ3) is 13.0. The summed E-state index contributed by atoms with van der Waals surface area (Å²) in [7, 11) is 0. The summed E-state index contributed by atoms with van der Waals surface area (Å²) in [5.74, 6) is -2.30. The van der Waals surface area contributed by atoms with Gasteiger partial charge >= 0.3 is 5.97 Å². The molecule has 3 aromatic carbocycles. The van der Waals surface area contributed by atoms with Crippen LogP contribution in [0.15, 0.2) is 91.0 Å². The first-order chi connectivity index (χ1) is 21.6. The van der Waals surface area contributed by atoms with Crippen molar-refractivity contribution in [1.82, 2.24) is 16.0 Å². The summed E-state index contributed by atoms with van der Waals surface area (Å²) >= 11 is 1.13. The molecule has 0 saturated heterocycles. The summed E-state index contributed by atoms with van der Waals surface area (Å²) in [6.45, 7) is 3.84. The van der Waals surface area contributed by atoms with Crippen LogP contribution in [0.3, 0.4) is 0 Å². The molecule has 0 saturated carbocycles. The number of benzene rings is 3. The highest BCUT2D eigenvalue weighted by Gasteiger charge is 2.30. The normalized spacial score (nSPS) is 12.9. The van der Waals surface area contributed by atoms with E-state index in [-0.39, 0.29) is 36.7 Å². The number of thioether (sulfide) groups is 1. The number of carboxylic acid groups (broad SMARTS) is 1. The second kappa shape index (κ2) is 18.4. The zero-order valence-corrected chi connectivity index (χ0v) is 26.4. The summed E-state index contributed by atoms with van der Waals surface area (Å²) in [4.78, 5) is 64.3. The lowest BCUT2D eigenvalue weighted by atomic mass is 10.00. The van der Waals surface area contributed by atoms with Gasteiger partial charge in [-0.25, -0.2) is 0 Å². The van der Waals surface area contributed by atoms with Gasteiger partial charge in [-0.1, -0.05) is 117 Å². The fourth-order valence-electron chi connectivity index (χ4n) is 4.67. The highest BCUT2D eigenvalue weighted by atomic mass is 32.2. The fourth-order valence-corrected chi connectivity index (χ4v) is 5.51. The van der Waals surface area contributed by atoms with Gasteiger partial charge in [0.25, 0.3) is 0 Å². The highest BCUT2D eigenvalue weighted by molar-refractivity contribution is 8.13. The molecule has 0 aliphatic carbocycles. The first-order valence-electron chi connectivity index (χ1n) is 15.0. The van der Waals surface area contributed by atoms with E-state index in [0.29, 0.717) is 12.2 Å². The molecule has 0 aliphatic rings. The molecular formula is C35H41N3O6S. The summed E-state index contributed by atoms with van der Waals surface area (Å²) in [6, 6.07) is 25.2. The maximum atomic E-state index is 13.7. The van der Waals surface area contributed by atoms with Crippen LogP contribution < -0.4 is 16.0 Å². The largest absolute Gasteiger partial charge is 0.481 e. The lowest BCUT2D eigenvalue weighted by Gasteiger charge is -2.26. The van der Waals surface area contributed by atoms with Crippen LogP contribution in [0.4, 0.5) is 0 Å². The van der Waals surface area contributed by atoms with E-state index in [4.69, 9.17) is 5.11 Å². The molecule has 0 spiro atoms. The summed E-state index contributed by atoms with van der Waals surface area (Å²) in [5.41, 5.74) is 2.65. The van der Waals surface area contributed by atoms with Gasteiger partial charge < -0.3 is 21.1 Å². The maximum absolute atomic E-state index is 13.7. The van der Waals surface area contributed by atoms with Crippen molar-refractivity contribution in [2.45, 2.75) is 69.8 Å². The minimum absolute atomic E-state index is 0.0227. The number of amides is 3. The molecule has 0 radical (unpaired) electrons. The average molecular weight is 632 g/mol. The van der Waals surface area contributed by atoms with Gasteiger partial charge in [0.1, 0.15) is 18.1 Å². The number of carbonyl (C=O) groups excluding carboxylic acids is 4. The van der Waals surface area contributed by atoms with Gasteiger partial charge in [0.05, 0.1) is 6.42 Å². The molecule has 0 heterocycles. The summed E-state index contributed by atoms with van der Waals surface area (Å²) in [6.07, 6.45) is 0.0707. The summed E-state index contributed by atoms with van der Waals surface area (Å²) < 4.78 is 0. The highest BCUT2D eigenvalue weighted by Crippen LogP contribution is 2.18. The Balaban J connectivity index is 1.77. The Morgan fingerprint density at radius 3 is 1.60 bits per heavy atom. The zero-order chi connectivity index (χ0) is 32.6. The fraction of sp³-hybridized carbons (Fsp3) is 0.343. The molecule has 10 heteroatoms. The number of hydrogen-bond donors (Lipinski definition) is 4. The van der Waals surface area contributed by atoms with E-state index in [0.717, 1.165) is 28.5 Å². The molecule has 4 N–H and O–H groups in total. The third-order valence-electron chi connectivity index (χ3n) is 6.95. The molecule has 3 atom stereocenters. The van der Waals surface area contributed by atoms with Gasteiger partial charge in [0, 0.05) is 25.0 Å². The molecule has 3 unspecified atom stereocenters. The molecule has 3 aromatic rings. The third-order valence-corrected chi connectivity index (χ3v) is 7.99. The number of hydrogen-bond acceptors (Lipinski definition) is 6. The van der Waals surface area contributed by atoms with E-state index in [1.807, 2.05) is 105 Å². The molecule has 45 heavy (non-hydrogen) atoms. The Kier molecular flexibility index (Phi) is 14.3. The number of aliphatic carboxylic acids is 1. The van der Waals surface area contributed by atoms with Gasteiger partial charge in [0.2, 0.25) is 22.8 Å². The van der Waals surface area contributed by atoms with Crippen LogP contribution in [0.1, 0.15) is 49.8 Å². The molecule has 0 aromatic heterocycles. The number of carbonyl (C=O) groups is 5. The molecule has 9 nitrogen and oxygen atoms in total. The molecule has 238 valence electrons. The molecule has 3 rings (SSSR count). The van der Waals surface area contributed by atoms with Crippen LogP contribution in [0.2, 0.25) is 0 Å². The van der Waals surface area contributed by atoms with Crippen molar-refractivity contribution < 1.29 is 29.1 Å². The van der Waals surface area contributed by atoms with E-state index in [9.17, 15) is 24.0 Å². The quantitative estimate of drug-likeness (QED) is 0.174. The van der Waals surface area contributed by atoms with Crippen molar-refractivity contribution in [2.75, 3.05) is 0 Å². The van der Waals surface area contributed by atoms with E-state index >= 15 is 0 Å². The smallest absolute Gasteiger partial charge is 0.303 e. The van der Waals surface area contributed by atoms with E-state index < -0.39 is 41.8 Å². The average Bonchev–Trinajstić information content (AvgIpc) is 3.03. The number of carboxylic acids is 1. The minimum atomic E-state index is -1.12. The van der Waals surface area contributed by atoms with Gasteiger partial charge in [-0.2, -0.15) is 0 Å². The van der Waals surface area contributed by atoms with Crippen LogP contribution in [0.5, 0.6) is 0 Å². The lowest BCUT2D eigenvalue weighted by Crippen LogP contribution is -2.56.